The summed E-state index contributed by atoms with van der Waals surface area (Å²) >= 11 is 0. The molecular formula is C23H31NO3. The van der Waals surface area contributed by atoms with Gasteiger partial charge in [-0.15, -0.1) is 0 Å². The van der Waals surface area contributed by atoms with Gasteiger partial charge in [0.05, 0.1) is 17.7 Å². The highest BCUT2D eigenvalue weighted by atomic mass is 16.5. The van der Waals surface area contributed by atoms with E-state index >= 15 is 0 Å². The predicted molar refractivity (Wildman–Crippen MR) is 111 cm³/mol. The van der Waals surface area contributed by atoms with E-state index in [-0.39, 0.29) is 11.5 Å². The number of phenols is 1. The number of unbranched alkanes of at least 4 members (excludes halogenated alkanes) is 3. The lowest BCUT2D eigenvalue weighted by Crippen LogP contribution is -2.21. The number of benzene rings is 2. The Labute approximate surface area is 162 Å². The average Bonchev–Trinajstić information content (AvgIpc) is 2.69. The zero-order valence-corrected chi connectivity index (χ0v) is 16.7. The van der Waals surface area contributed by atoms with Crippen molar-refractivity contribution in [1.29, 1.82) is 0 Å². The van der Waals surface area contributed by atoms with Crippen molar-refractivity contribution in [2.75, 3.05) is 24.6 Å². The molecule has 0 amide bonds. The summed E-state index contributed by atoms with van der Waals surface area (Å²) in [6.45, 7) is 8.58. The highest BCUT2D eigenvalue weighted by Gasteiger charge is 2.18. The second-order valence-corrected chi connectivity index (χ2v) is 6.61. The number of ether oxygens (including phenoxy) is 1. The van der Waals surface area contributed by atoms with E-state index in [1.807, 2.05) is 24.3 Å². The molecule has 0 aliphatic carbocycles. The van der Waals surface area contributed by atoms with Gasteiger partial charge in [0.25, 0.3) is 0 Å². The zero-order chi connectivity index (χ0) is 19.6. The third kappa shape index (κ3) is 5.49. The van der Waals surface area contributed by atoms with Crippen LogP contribution in [0.2, 0.25) is 0 Å². The van der Waals surface area contributed by atoms with Crippen LogP contribution in [0, 0.1) is 0 Å². The molecule has 0 spiro atoms. The molecule has 146 valence electrons. The first-order valence-electron chi connectivity index (χ1n) is 9.96. The first-order valence-corrected chi connectivity index (χ1v) is 9.96. The van der Waals surface area contributed by atoms with Gasteiger partial charge in [0.1, 0.15) is 11.5 Å². The van der Waals surface area contributed by atoms with Crippen LogP contribution >= 0.6 is 0 Å². The SMILES string of the molecule is CCCCCCOc1ccccc1C(=O)c1ccc(N(CC)CC)cc1O. The lowest BCUT2D eigenvalue weighted by molar-refractivity contribution is 0.103. The van der Waals surface area contributed by atoms with Crippen molar-refractivity contribution in [3.8, 4) is 11.5 Å². The maximum atomic E-state index is 13.0. The number of ketones is 1. The molecule has 27 heavy (non-hydrogen) atoms. The van der Waals surface area contributed by atoms with Gasteiger partial charge in [-0.25, -0.2) is 0 Å². The van der Waals surface area contributed by atoms with Crippen LogP contribution < -0.4 is 9.64 Å². The lowest BCUT2D eigenvalue weighted by Gasteiger charge is -2.21. The van der Waals surface area contributed by atoms with Gasteiger partial charge >= 0.3 is 0 Å². The average molecular weight is 370 g/mol. The van der Waals surface area contributed by atoms with E-state index in [2.05, 4.69) is 25.7 Å². The zero-order valence-electron chi connectivity index (χ0n) is 16.7. The van der Waals surface area contributed by atoms with E-state index in [1.54, 1.807) is 18.2 Å². The Kier molecular flexibility index (Phi) is 8.18. The molecule has 0 fully saturated rings. The molecule has 0 atom stereocenters. The van der Waals surface area contributed by atoms with Gasteiger partial charge in [-0.2, -0.15) is 0 Å². The first-order chi connectivity index (χ1) is 13.1. The molecule has 2 aromatic carbocycles. The Hall–Kier alpha value is -2.49. The highest BCUT2D eigenvalue weighted by Crippen LogP contribution is 2.29. The van der Waals surface area contributed by atoms with Crippen LogP contribution in [0.15, 0.2) is 42.5 Å². The van der Waals surface area contributed by atoms with E-state index in [1.165, 1.54) is 12.8 Å². The number of carbonyl (C=O) groups is 1. The smallest absolute Gasteiger partial charge is 0.200 e. The van der Waals surface area contributed by atoms with Crippen molar-refractivity contribution in [2.45, 2.75) is 46.5 Å². The fraction of sp³-hybridized carbons (Fsp3) is 0.435. The minimum Gasteiger partial charge on any atom is -0.507 e. The van der Waals surface area contributed by atoms with Crippen LogP contribution in [-0.2, 0) is 0 Å². The van der Waals surface area contributed by atoms with Crippen molar-refractivity contribution in [2.24, 2.45) is 0 Å². The van der Waals surface area contributed by atoms with Crippen LogP contribution in [0.1, 0.15) is 62.4 Å². The summed E-state index contributed by atoms with van der Waals surface area (Å²) < 4.78 is 5.85. The third-order valence-electron chi connectivity index (χ3n) is 4.74. The van der Waals surface area contributed by atoms with Crippen molar-refractivity contribution in [3.63, 3.8) is 0 Å². The summed E-state index contributed by atoms with van der Waals surface area (Å²) in [6.07, 6.45) is 4.47. The summed E-state index contributed by atoms with van der Waals surface area (Å²) in [5.74, 6) is 0.358. The minimum absolute atomic E-state index is 0.00199. The number of hydrogen-bond donors (Lipinski definition) is 1. The number of hydrogen-bond acceptors (Lipinski definition) is 4. The van der Waals surface area contributed by atoms with E-state index in [0.717, 1.165) is 31.6 Å². The molecule has 1 N–H and O–H groups in total. The third-order valence-corrected chi connectivity index (χ3v) is 4.74. The van der Waals surface area contributed by atoms with Crippen LogP contribution in [-0.4, -0.2) is 30.6 Å². The summed E-state index contributed by atoms with van der Waals surface area (Å²) in [5, 5.41) is 10.4. The highest BCUT2D eigenvalue weighted by molar-refractivity contribution is 6.12. The maximum absolute atomic E-state index is 13.0. The van der Waals surface area contributed by atoms with Crippen LogP contribution in [0.5, 0.6) is 11.5 Å². The molecular weight excluding hydrogens is 338 g/mol. The van der Waals surface area contributed by atoms with Gasteiger partial charge in [0.2, 0.25) is 0 Å². The largest absolute Gasteiger partial charge is 0.507 e. The molecule has 0 heterocycles. The molecule has 0 radical (unpaired) electrons. The number of nitrogens with zero attached hydrogens (tertiary/aromatic N) is 1. The topological polar surface area (TPSA) is 49.8 Å². The number of carbonyl (C=O) groups excluding carboxylic acids is 1. The van der Waals surface area contributed by atoms with E-state index in [4.69, 9.17) is 4.74 Å². The fourth-order valence-corrected chi connectivity index (χ4v) is 3.13. The minimum atomic E-state index is -0.220. The molecule has 4 heteroatoms. The quantitative estimate of drug-likeness (QED) is 0.424. The van der Waals surface area contributed by atoms with Gasteiger partial charge < -0.3 is 14.7 Å². The molecule has 2 rings (SSSR count). The normalized spacial score (nSPS) is 10.6. The lowest BCUT2D eigenvalue weighted by atomic mass is 10.0. The molecule has 0 bridgehead atoms. The van der Waals surface area contributed by atoms with Gasteiger partial charge in [-0.1, -0.05) is 38.3 Å². The number of para-hydroxylation sites is 1. The Morgan fingerprint density at radius 2 is 1.70 bits per heavy atom. The first kappa shape index (κ1) is 20.8. The Morgan fingerprint density at radius 3 is 2.37 bits per heavy atom. The number of rotatable bonds is 11. The standard InChI is InChI=1S/C23H31NO3/c1-4-7-8-11-16-27-22-13-10-9-12-20(22)23(26)19-15-14-18(17-21(19)25)24(5-2)6-3/h9-10,12-15,17,25H,4-8,11,16H2,1-3H3. The van der Waals surface area contributed by atoms with Crippen LogP contribution in [0.3, 0.4) is 0 Å². The number of anilines is 1. The van der Waals surface area contributed by atoms with E-state index in [0.29, 0.717) is 23.5 Å². The van der Waals surface area contributed by atoms with Crippen molar-refractivity contribution in [1.82, 2.24) is 0 Å². The van der Waals surface area contributed by atoms with Crippen LogP contribution in [0.25, 0.3) is 0 Å². The maximum Gasteiger partial charge on any atom is 0.200 e. The Bertz CT molecular complexity index is 738. The monoisotopic (exact) mass is 369 g/mol. The van der Waals surface area contributed by atoms with Gasteiger partial charge in [0, 0.05) is 24.8 Å². The fourth-order valence-electron chi connectivity index (χ4n) is 3.13. The second-order valence-electron chi connectivity index (χ2n) is 6.61. The van der Waals surface area contributed by atoms with Gasteiger partial charge in [-0.05, 0) is 44.5 Å². The second kappa shape index (κ2) is 10.6. The summed E-state index contributed by atoms with van der Waals surface area (Å²) in [6, 6.07) is 12.5. The van der Waals surface area contributed by atoms with Crippen LogP contribution in [0.4, 0.5) is 5.69 Å². The van der Waals surface area contributed by atoms with E-state index < -0.39 is 0 Å². The number of aromatic hydroxyl groups is 1. The van der Waals surface area contributed by atoms with Crippen molar-refractivity contribution < 1.29 is 14.6 Å². The molecule has 0 saturated heterocycles. The molecule has 0 saturated carbocycles. The molecule has 2 aromatic rings. The summed E-state index contributed by atoms with van der Waals surface area (Å²) in [4.78, 5) is 15.1. The molecule has 0 aliphatic heterocycles. The van der Waals surface area contributed by atoms with Crippen molar-refractivity contribution in [3.05, 3.63) is 53.6 Å². The molecule has 0 unspecified atom stereocenters. The van der Waals surface area contributed by atoms with Gasteiger partial charge in [-0.3, -0.25) is 4.79 Å². The van der Waals surface area contributed by atoms with E-state index in [9.17, 15) is 9.90 Å². The Balaban J connectivity index is 2.18. The molecule has 0 aromatic heterocycles. The summed E-state index contributed by atoms with van der Waals surface area (Å²) in [5.41, 5.74) is 1.70. The van der Waals surface area contributed by atoms with Crippen molar-refractivity contribution >= 4 is 11.5 Å². The summed E-state index contributed by atoms with van der Waals surface area (Å²) in [7, 11) is 0. The predicted octanol–water partition coefficient (Wildman–Crippen LogP) is 5.43. The molecule has 4 nitrogen and oxygen atoms in total. The number of phenolic OH excluding ortho intramolecular Hbond substituents is 1. The van der Waals surface area contributed by atoms with Gasteiger partial charge in [0.15, 0.2) is 5.78 Å². The Morgan fingerprint density at radius 1 is 0.963 bits per heavy atom. The molecule has 0 aliphatic rings.